The summed E-state index contributed by atoms with van der Waals surface area (Å²) in [5.41, 5.74) is 1.30. The van der Waals surface area contributed by atoms with E-state index < -0.39 is 29.3 Å². The Kier molecular flexibility index (Phi) is 6.37. The smallest absolute Gasteiger partial charge is 0.399 e. The molecule has 5 fully saturated rings. The lowest BCUT2D eigenvalue weighted by Crippen LogP contribution is -2.60. The van der Waals surface area contributed by atoms with E-state index in [4.69, 9.17) is 14.0 Å². The molecule has 6 aliphatic rings. The van der Waals surface area contributed by atoms with Gasteiger partial charge in [-0.1, -0.05) is 26.0 Å². The predicted octanol–water partition coefficient (Wildman–Crippen LogP) is 3.63. The maximum Gasteiger partial charge on any atom is 0.494 e. The molecule has 1 unspecified atom stereocenters. The maximum atomic E-state index is 14.6. The first-order valence-electron chi connectivity index (χ1n) is 16.2. The number of anilines is 1. The summed E-state index contributed by atoms with van der Waals surface area (Å²) < 4.78 is 18.5. The van der Waals surface area contributed by atoms with Crippen molar-refractivity contribution >= 4 is 30.1 Å². The van der Waals surface area contributed by atoms with Crippen LogP contribution in [0.5, 0.6) is 0 Å². The Morgan fingerprint density at radius 2 is 1.52 bits per heavy atom. The highest BCUT2D eigenvalue weighted by Gasteiger charge is 2.58. The zero-order chi connectivity index (χ0) is 29.9. The second-order valence-corrected chi connectivity index (χ2v) is 15.9. The van der Waals surface area contributed by atoms with Gasteiger partial charge in [-0.05, 0) is 95.8 Å². The Balaban J connectivity index is 1.17. The number of likely N-dealkylation sites (tertiary alicyclic amines) is 2. The number of ether oxygens (including phenoxy) is 1. The van der Waals surface area contributed by atoms with Crippen LogP contribution in [0, 0.1) is 5.41 Å². The molecule has 0 N–H and O–H groups in total. The third-order valence-corrected chi connectivity index (χ3v) is 12.0. The van der Waals surface area contributed by atoms with Gasteiger partial charge in [-0.2, -0.15) is 0 Å². The molecule has 7 rings (SSSR count). The Bertz CT molecular complexity index is 1280. The van der Waals surface area contributed by atoms with Crippen LogP contribution in [0.1, 0.15) is 92.6 Å². The number of piperidine rings is 1. The molecule has 1 aromatic carbocycles. The molecule has 228 valence electrons. The van der Waals surface area contributed by atoms with Crippen molar-refractivity contribution in [2.75, 3.05) is 37.7 Å². The summed E-state index contributed by atoms with van der Waals surface area (Å²) in [5, 5.41) is 0. The molecule has 1 atom stereocenters. The molecule has 1 aliphatic carbocycles. The quantitative estimate of drug-likeness (QED) is 0.510. The van der Waals surface area contributed by atoms with Crippen LogP contribution in [-0.4, -0.2) is 90.4 Å². The topological polar surface area (TPSA) is 71.6 Å². The number of fused-ring (bicyclic) bond motifs is 2. The van der Waals surface area contributed by atoms with Gasteiger partial charge in [0.25, 0.3) is 5.91 Å². The molecule has 0 radical (unpaired) electrons. The van der Waals surface area contributed by atoms with Crippen molar-refractivity contribution in [3.63, 3.8) is 0 Å². The predicted molar refractivity (Wildman–Crippen MR) is 163 cm³/mol. The van der Waals surface area contributed by atoms with Gasteiger partial charge in [0, 0.05) is 43.8 Å². The number of nitrogens with zero attached hydrogens (tertiary/aromatic N) is 3. The van der Waals surface area contributed by atoms with Gasteiger partial charge in [0.05, 0.1) is 23.2 Å². The van der Waals surface area contributed by atoms with Crippen molar-refractivity contribution < 1.29 is 23.6 Å². The lowest BCUT2D eigenvalue weighted by atomic mass is 9.71. The minimum absolute atomic E-state index is 0.0672. The average molecular weight is 578 g/mol. The minimum atomic E-state index is -0.697. The van der Waals surface area contributed by atoms with Crippen molar-refractivity contribution in [1.29, 1.82) is 0 Å². The van der Waals surface area contributed by atoms with Crippen molar-refractivity contribution in [3.8, 4) is 0 Å². The van der Waals surface area contributed by atoms with Crippen molar-refractivity contribution in [3.05, 3.63) is 23.8 Å². The maximum absolute atomic E-state index is 14.6. The number of amides is 2. The van der Waals surface area contributed by atoms with E-state index in [0.717, 1.165) is 49.1 Å². The molecule has 4 saturated heterocycles. The van der Waals surface area contributed by atoms with E-state index in [1.54, 1.807) is 0 Å². The molecule has 5 aliphatic heterocycles. The molecule has 1 aromatic rings. The van der Waals surface area contributed by atoms with Gasteiger partial charge in [0.2, 0.25) is 5.91 Å². The second-order valence-electron chi connectivity index (χ2n) is 15.9. The molecule has 2 amide bonds. The Morgan fingerprint density at radius 1 is 0.881 bits per heavy atom. The largest absolute Gasteiger partial charge is 0.494 e. The van der Waals surface area contributed by atoms with Gasteiger partial charge < -0.3 is 23.8 Å². The van der Waals surface area contributed by atoms with Crippen LogP contribution in [0.2, 0.25) is 0 Å². The van der Waals surface area contributed by atoms with E-state index in [2.05, 4.69) is 69.5 Å². The standard InChI is InChI=1S/C33H48BN3O5/c1-29(2)10-14-36(21-29)23-19-24(20-23)37-26-18-22(34-41-30(3,4)31(5,6)42-34)8-9-25(26)33(28(37)39)11-15-35(16-12-33)27(38)32(7)13-17-40-32/h8-9,18,23-24H,10-17,19-21H2,1-7H3. The van der Waals surface area contributed by atoms with Gasteiger partial charge >= 0.3 is 7.12 Å². The normalized spacial score (nSPS) is 34.5. The zero-order valence-electron chi connectivity index (χ0n) is 26.6. The van der Waals surface area contributed by atoms with E-state index in [0.29, 0.717) is 44.0 Å². The Hall–Kier alpha value is -1.94. The van der Waals surface area contributed by atoms with Crippen molar-refractivity contribution in [1.82, 2.24) is 9.80 Å². The van der Waals surface area contributed by atoms with Crippen LogP contribution in [0.4, 0.5) is 5.69 Å². The van der Waals surface area contributed by atoms with E-state index in [9.17, 15) is 9.59 Å². The van der Waals surface area contributed by atoms with Crippen molar-refractivity contribution in [2.45, 2.75) is 121 Å². The van der Waals surface area contributed by atoms with Gasteiger partial charge in [-0.25, -0.2) is 0 Å². The summed E-state index contributed by atoms with van der Waals surface area (Å²) in [6, 6.07) is 7.15. The summed E-state index contributed by atoms with van der Waals surface area (Å²) in [6.45, 7) is 19.0. The Labute approximate surface area is 251 Å². The number of carbonyl (C=O) groups excluding carboxylic acids is 2. The fourth-order valence-electron chi connectivity index (χ4n) is 8.12. The number of hydrogen-bond acceptors (Lipinski definition) is 6. The zero-order valence-corrected chi connectivity index (χ0v) is 26.6. The van der Waals surface area contributed by atoms with E-state index in [1.165, 1.54) is 6.42 Å². The van der Waals surface area contributed by atoms with Crippen LogP contribution >= 0.6 is 0 Å². The molecular weight excluding hydrogens is 529 g/mol. The van der Waals surface area contributed by atoms with Crippen LogP contribution < -0.4 is 10.4 Å². The average Bonchev–Trinajstić information content (AvgIpc) is 3.44. The number of benzene rings is 1. The molecule has 1 spiro atoms. The summed E-state index contributed by atoms with van der Waals surface area (Å²) in [4.78, 5) is 34.5. The summed E-state index contributed by atoms with van der Waals surface area (Å²) >= 11 is 0. The van der Waals surface area contributed by atoms with Crippen LogP contribution in [-0.2, 0) is 29.0 Å². The van der Waals surface area contributed by atoms with Gasteiger partial charge in [-0.3, -0.25) is 14.5 Å². The van der Waals surface area contributed by atoms with Crippen molar-refractivity contribution in [2.24, 2.45) is 5.41 Å². The van der Waals surface area contributed by atoms with Crippen LogP contribution in [0.25, 0.3) is 0 Å². The molecule has 0 bridgehead atoms. The first-order chi connectivity index (χ1) is 19.6. The second kappa shape index (κ2) is 9.29. The summed E-state index contributed by atoms with van der Waals surface area (Å²) in [6.07, 6.45) is 5.31. The number of hydrogen-bond donors (Lipinski definition) is 0. The lowest BCUT2D eigenvalue weighted by molar-refractivity contribution is -0.183. The third kappa shape index (κ3) is 4.24. The van der Waals surface area contributed by atoms with Gasteiger partial charge in [0.15, 0.2) is 0 Å². The van der Waals surface area contributed by atoms with E-state index in [1.807, 2.05) is 11.8 Å². The molecule has 0 aromatic heterocycles. The lowest BCUT2D eigenvalue weighted by Gasteiger charge is -2.47. The SMILES string of the molecule is CC1(C)CCN(C2CC(N3C(=O)C4(CCN(C(=O)C5(C)CCO5)CC4)c4ccc(B5OC(C)(C)C(C)(C)O5)cc43)C2)C1. The summed E-state index contributed by atoms with van der Waals surface area (Å²) in [7, 11) is -0.475. The van der Waals surface area contributed by atoms with Gasteiger partial charge in [-0.15, -0.1) is 0 Å². The monoisotopic (exact) mass is 577 g/mol. The third-order valence-electron chi connectivity index (χ3n) is 12.0. The molecule has 42 heavy (non-hydrogen) atoms. The fraction of sp³-hybridized carbons (Fsp3) is 0.758. The van der Waals surface area contributed by atoms with Crippen LogP contribution in [0.15, 0.2) is 18.2 Å². The first kappa shape index (κ1) is 28.8. The Morgan fingerprint density at radius 3 is 2.07 bits per heavy atom. The molecule has 8 nitrogen and oxygen atoms in total. The minimum Gasteiger partial charge on any atom is -0.399 e. The molecule has 1 saturated carbocycles. The summed E-state index contributed by atoms with van der Waals surface area (Å²) in [5.74, 6) is 0.282. The van der Waals surface area contributed by atoms with E-state index in [-0.39, 0.29) is 17.9 Å². The highest BCUT2D eigenvalue weighted by Crippen LogP contribution is 2.52. The van der Waals surface area contributed by atoms with Gasteiger partial charge in [0.1, 0.15) is 5.60 Å². The molecule has 9 heteroatoms. The first-order valence-corrected chi connectivity index (χ1v) is 16.2. The molecule has 5 heterocycles. The number of carbonyl (C=O) groups is 2. The number of rotatable bonds is 4. The highest BCUT2D eigenvalue weighted by molar-refractivity contribution is 6.62. The van der Waals surface area contributed by atoms with Crippen LogP contribution in [0.3, 0.4) is 0 Å². The molecular formula is C33H48BN3O5. The van der Waals surface area contributed by atoms with E-state index >= 15 is 0 Å². The fourth-order valence-corrected chi connectivity index (χ4v) is 8.12. The highest BCUT2D eigenvalue weighted by atomic mass is 16.7.